The molecule has 4 rings (SSSR count). The number of rotatable bonds is 5. The summed E-state index contributed by atoms with van der Waals surface area (Å²) in [5.41, 5.74) is 2.10. The van der Waals surface area contributed by atoms with E-state index in [4.69, 9.17) is 27.9 Å². The van der Waals surface area contributed by atoms with Crippen LogP contribution < -0.4 is 15.6 Å². The molecule has 8 heteroatoms. The van der Waals surface area contributed by atoms with Crippen molar-refractivity contribution in [1.82, 2.24) is 15.0 Å². The molecule has 2 aromatic heterocycles. The first-order valence-corrected chi connectivity index (χ1v) is 9.11. The van der Waals surface area contributed by atoms with Gasteiger partial charge in [-0.15, -0.1) is 0 Å². The van der Waals surface area contributed by atoms with E-state index >= 15 is 0 Å². The summed E-state index contributed by atoms with van der Waals surface area (Å²) in [4.78, 5) is 22.6. The van der Waals surface area contributed by atoms with E-state index in [1.165, 1.54) is 12.4 Å². The normalized spacial score (nSPS) is 10.8. The number of aromatic nitrogens is 3. The number of hydrogen-bond acceptors (Lipinski definition) is 5. The molecule has 0 saturated carbocycles. The highest BCUT2D eigenvalue weighted by molar-refractivity contribution is 6.42. The van der Waals surface area contributed by atoms with E-state index < -0.39 is 0 Å². The molecule has 0 fully saturated rings. The maximum atomic E-state index is 11.4. The first-order chi connectivity index (χ1) is 13.6. The third-order valence-corrected chi connectivity index (χ3v) is 4.74. The first kappa shape index (κ1) is 18.3. The number of ether oxygens (including phenoxy) is 1. The van der Waals surface area contributed by atoms with Gasteiger partial charge >= 0.3 is 0 Å². The molecule has 4 aromatic rings. The number of hydrogen-bond donors (Lipinski definition) is 2. The third-order valence-electron chi connectivity index (χ3n) is 4.00. The van der Waals surface area contributed by atoms with Crippen LogP contribution in [0, 0.1) is 0 Å². The standard InChI is InChI=1S/C20H14Cl2N4O2/c21-16-4-2-13(8-17(16)22)25-19-9-14(23-11-24-19)10-28-15-3-5-18-12(7-15)1-6-20(27)26-18/h1-9,11H,10H2,(H,26,27)(H,23,24,25). The summed E-state index contributed by atoms with van der Waals surface area (Å²) in [6.07, 6.45) is 1.46. The number of nitrogens with zero attached hydrogens (tertiary/aromatic N) is 2. The molecule has 2 aromatic carbocycles. The van der Waals surface area contributed by atoms with Crippen LogP contribution >= 0.6 is 23.2 Å². The van der Waals surface area contributed by atoms with Crippen molar-refractivity contribution in [1.29, 1.82) is 0 Å². The Bertz CT molecular complexity index is 1210. The highest BCUT2D eigenvalue weighted by Gasteiger charge is 2.04. The fourth-order valence-corrected chi connectivity index (χ4v) is 2.94. The number of H-pyrrole nitrogens is 1. The van der Waals surface area contributed by atoms with Gasteiger partial charge in [-0.05, 0) is 42.5 Å². The molecule has 0 aliphatic carbocycles. The van der Waals surface area contributed by atoms with Gasteiger partial charge in [0.2, 0.25) is 5.56 Å². The Morgan fingerprint density at radius 1 is 0.964 bits per heavy atom. The second kappa shape index (κ2) is 7.88. The molecule has 0 spiro atoms. The van der Waals surface area contributed by atoms with Crippen LogP contribution in [0.4, 0.5) is 11.5 Å². The zero-order valence-electron chi connectivity index (χ0n) is 14.4. The van der Waals surface area contributed by atoms with Crippen molar-refractivity contribution in [2.24, 2.45) is 0 Å². The highest BCUT2D eigenvalue weighted by Crippen LogP contribution is 2.26. The van der Waals surface area contributed by atoms with Gasteiger partial charge in [0.1, 0.15) is 24.5 Å². The summed E-state index contributed by atoms with van der Waals surface area (Å²) in [5, 5.41) is 5.00. The lowest BCUT2D eigenvalue weighted by atomic mass is 10.2. The number of aromatic amines is 1. The molecule has 0 unspecified atom stereocenters. The van der Waals surface area contributed by atoms with Crippen LogP contribution in [0.25, 0.3) is 10.9 Å². The van der Waals surface area contributed by atoms with Crippen molar-refractivity contribution in [2.75, 3.05) is 5.32 Å². The smallest absolute Gasteiger partial charge is 0.248 e. The highest BCUT2D eigenvalue weighted by atomic mass is 35.5. The molecular weight excluding hydrogens is 399 g/mol. The summed E-state index contributed by atoms with van der Waals surface area (Å²) in [7, 11) is 0. The van der Waals surface area contributed by atoms with E-state index in [1.807, 2.05) is 18.2 Å². The molecule has 0 atom stereocenters. The number of halogens is 2. The molecule has 0 bridgehead atoms. The van der Waals surface area contributed by atoms with Crippen LogP contribution in [-0.2, 0) is 6.61 Å². The Morgan fingerprint density at radius 3 is 2.71 bits per heavy atom. The summed E-state index contributed by atoms with van der Waals surface area (Å²) in [6.45, 7) is 0.271. The van der Waals surface area contributed by atoms with E-state index in [-0.39, 0.29) is 12.2 Å². The van der Waals surface area contributed by atoms with Crippen LogP contribution in [0.15, 0.2) is 65.7 Å². The topological polar surface area (TPSA) is 79.9 Å². The summed E-state index contributed by atoms with van der Waals surface area (Å²) < 4.78 is 5.82. The Morgan fingerprint density at radius 2 is 1.86 bits per heavy atom. The Kier molecular flexibility index (Phi) is 5.14. The van der Waals surface area contributed by atoms with E-state index in [1.54, 1.807) is 30.3 Å². The van der Waals surface area contributed by atoms with E-state index in [9.17, 15) is 4.79 Å². The van der Waals surface area contributed by atoms with E-state index in [0.717, 1.165) is 16.6 Å². The molecule has 0 radical (unpaired) electrons. The second-order valence-electron chi connectivity index (χ2n) is 6.01. The molecule has 0 saturated heterocycles. The molecule has 0 aliphatic heterocycles. The number of benzene rings is 2. The van der Waals surface area contributed by atoms with E-state index in [2.05, 4.69) is 20.3 Å². The minimum atomic E-state index is -0.135. The third kappa shape index (κ3) is 4.24. The quantitative estimate of drug-likeness (QED) is 0.484. The number of pyridine rings is 1. The molecule has 28 heavy (non-hydrogen) atoms. The zero-order valence-corrected chi connectivity index (χ0v) is 16.0. The maximum Gasteiger partial charge on any atom is 0.248 e. The van der Waals surface area contributed by atoms with Gasteiger partial charge in [0.25, 0.3) is 0 Å². The zero-order chi connectivity index (χ0) is 19.5. The predicted molar refractivity (Wildman–Crippen MR) is 111 cm³/mol. The summed E-state index contributed by atoms with van der Waals surface area (Å²) in [6, 6.07) is 15.8. The van der Waals surface area contributed by atoms with Crippen molar-refractivity contribution in [2.45, 2.75) is 6.61 Å². The molecular formula is C20H14Cl2N4O2. The van der Waals surface area contributed by atoms with Crippen molar-refractivity contribution in [3.8, 4) is 5.75 Å². The Labute approximate surface area is 170 Å². The van der Waals surface area contributed by atoms with Gasteiger partial charge in [-0.1, -0.05) is 23.2 Å². The molecule has 0 amide bonds. The molecule has 2 N–H and O–H groups in total. The monoisotopic (exact) mass is 412 g/mol. The number of nitrogens with one attached hydrogen (secondary N) is 2. The van der Waals surface area contributed by atoms with Gasteiger partial charge in [0, 0.05) is 28.7 Å². The lowest BCUT2D eigenvalue weighted by Gasteiger charge is -2.09. The van der Waals surface area contributed by atoms with Crippen LogP contribution in [-0.4, -0.2) is 15.0 Å². The molecule has 140 valence electrons. The van der Waals surface area contributed by atoms with Gasteiger partial charge in [0.15, 0.2) is 0 Å². The maximum absolute atomic E-state index is 11.4. The molecule has 2 heterocycles. The second-order valence-corrected chi connectivity index (χ2v) is 6.82. The van der Waals surface area contributed by atoms with Gasteiger partial charge < -0.3 is 15.0 Å². The SMILES string of the molecule is O=c1ccc2cc(OCc3cc(Nc4ccc(Cl)c(Cl)c4)ncn3)ccc2[nH]1. The average Bonchev–Trinajstić information content (AvgIpc) is 2.69. The first-order valence-electron chi connectivity index (χ1n) is 8.36. The van der Waals surface area contributed by atoms with Crippen LogP contribution in [0.2, 0.25) is 10.0 Å². The summed E-state index contributed by atoms with van der Waals surface area (Å²) >= 11 is 12.0. The van der Waals surface area contributed by atoms with E-state index in [0.29, 0.717) is 27.3 Å². The van der Waals surface area contributed by atoms with Crippen LogP contribution in [0.3, 0.4) is 0 Å². The summed E-state index contributed by atoms with van der Waals surface area (Å²) in [5.74, 6) is 1.29. The fourth-order valence-electron chi connectivity index (χ4n) is 2.65. The number of anilines is 2. The van der Waals surface area contributed by atoms with Crippen molar-refractivity contribution < 1.29 is 4.74 Å². The van der Waals surface area contributed by atoms with Crippen molar-refractivity contribution in [3.63, 3.8) is 0 Å². The van der Waals surface area contributed by atoms with Crippen molar-refractivity contribution in [3.05, 3.63) is 87.0 Å². The van der Waals surface area contributed by atoms with Gasteiger partial charge in [-0.2, -0.15) is 0 Å². The van der Waals surface area contributed by atoms with Crippen LogP contribution in [0.5, 0.6) is 5.75 Å². The molecule has 0 aliphatic rings. The minimum absolute atomic E-state index is 0.135. The van der Waals surface area contributed by atoms with Crippen molar-refractivity contribution >= 4 is 45.6 Å². The Balaban J connectivity index is 1.46. The van der Waals surface area contributed by atoms with Gasteiger partial charge in [-0.25, -0.2) is 9.97 Å². The average molecular weight is 413 g/mol. The predicted octanol–water partition coefficient (Wildman–Crippen LogP) is 4.95. The van der Waals surface area contributed by atoms with Gasteiger partial charge in [0.05, 0.1) is 15.7 Å². The number of fused-ring (bicyclic) bond motifs is 1. The minimum Gasteiger partial charge on any atom is -0.487 e. The van der Waals surface area contributed by atoms with Gasteiger partial charge in [-0.3, -0.25) is 4.79 Å². The molecule has 6 nitrogen and oxygen atoms in total. The van der Waals surface area contributed by atoms with Crippen LogP contribution in [0.1, 0.15) is 5.69 Å². The Hall–Kier alpha value is -3.09. The largest absolute Gasteiger partial charge is 0.487 e. The lowest BCUT2D eigenvalue weighted by Crippen LogP contribution is -2.03. The fraction of sp³-hybridized carbons (Fsp3) is 0.0500. The lowest BCUT2D eigenvalue weighted by molar-refractivity contribution is 0.301.